The number of phenolic OH excluding ortho intramolecular Hbond substituents is 1. The van der Waals surface area contributed by atoms with Crippen LogP contribution in [-0.4, -0.2) is 16.0 Å². The number of aromatic nitrogens is 1. The van der Waals surface area contributed by atoms with Gasteiger partial charge in [0.25, 0.3) is 5.91 Å². The van der Waals surface area contributed by atoms with Gasteiger partial charge < -0.3 is 10.4 Å². The van der Waals surface area contributed by atoms with Crippen molar-refractivity contribution in [2.75, 3.05) is 5.32 Å². The Labute approximate surface area is 109 Å². The molecule has 0 fully saturated rings. The second-order valence-electron chi connectivity index (χ2n) is 3.81. The first-order valence-corrected chi connectivity index (χ1v) is 5.66. The Bertz CT molecular complexity index is 599. The molecule has 0 spiro atoms. The van der Waals surface area contributed by atoms with Gasteiger partial charge in [-0.1, -0.05) is 11.6 Å². The maximum Gasteiger partial charge on any atom is 0.259 e. The minimum absolute atomic E-state index is 0.108. The molecule has 2 N–H and O–H groups in total. The molecule has 5 heteroatoms. The number of halogens is 1. The molecule has 1 heterocycles. The van der Waals surface area contributed by atoms with Crippen LogP contribution in [-0.2, 0) is 0 Å². The molecule has 1 aromatic carbocycles. The molecule has 0 radical (unpaired) electrons. The lowest BCUT2D eigenvalue weighted by Crippen LogP contribution is -2.13. The molecule has 92 valence electrons. The number of phenols is 1. The standard InChI is InChI=1S/C13H11ClN2O2/c1-8-7-15-5-4-11(8)16-13(18)10-6-9(14)2-3-12(10)17/h2-7,17H,1H3,(H,15,16,18). The van der Waals surface area contributed by atoms with Crippen LogP contribution in [0.3, 0.4) is 0 Å². The summed E-state index contributed by atoms with van der Waals surface area (Å²) < 4.78 is 0. The minimum Gasteiger partial charge on any atom is -0.507 e. The monoisotopic (exact) mass is 262 g/mol. The third-order valence-corrected chi connectivity index (χ3v) is 2.71. The highest BCUT2D eigenvalue weighted by molar-refractivity contribution is 6.31. The zero-order chi connectivity index (χ0) is 13.1. The second kappa shape index (κ2) is 5.06. The molecule has 0 saturated carbocycles. The summed E-state index contributed by atoms with van der Waals surface area (Å²) in [6, 6.07) is 6.01. The summed E-state index contributed by atoms with van der Waals surface area (Å²) in [5.41, 5.74) is 1.63. The number of pyridine rings is 1. The van der Waals surface area contributed by atoms with Gasteiger partial charge in [-0.15, -0.1) is 0 Å². The predicted molar refractivity (Wildman–Crippen MR) is 70.0 cm³/mol. The molecule has 0 atom stereocenters. The third-order valence-electron chi connectivity index (χ3n) is 2.47. The average molecular weight is 263 g/mol. The number of hydrogen-bond acceptors (Lipinski definition) is 3. The number of anilines is 1. The smallest absolute Gasteiger partial charge is 0.259 e. The van der Waals surface area contributed by atoms with Crippen molar-refractivity contribution >= 4 is 23.2 Å². The maximum atomic E-state index is 12.0. The van der Waals surface area contributed by atoms with E-state index in [1.165, 1.54) is 18.2 Å². The van der Waals surface area contributed by atoms with Crippen LogP contribution < -0.4 is 5.32 Å². The normalized spacial score (nSPS) is 10.1. The molecule has 0 bridgehead atoms. The maximum absolute atomic E-state index is 12.0. The molecule has 0 aliphatic carbocycles. The first kappa shape index (κ1) is 12.4. The van der Waals surface area contributed by atoms with E-state index in [1.54, 1.807) is 18.5 Å². The zero-order valence-electron chi connectivity index (χ0n) is 9.64. The number of carbonyl (C=O) groups excluding carboxylic acids is 1. The van der Waals surface area contributed by atoms with Gasteiger partial charge in [-0.3, -0.25) is 9.78 Å². The number of nitrogens with zero attached hydrogens (tertiary/aromatic N) is 1. The van der Waals surface area contributed by atoms with Gasteiger partial charge in [0, 0.05) is 23.1 Å². The second-order valence-corrected chi connectivity index (χ2v) is 4.24. The van der Waals surface area contributed by atoms with Crippen molar-refractivity contribution in [2.24, 2.45) is 0 Å². The summed E-state index contributed by atoms with van der Waals surface area (Å²) >= 11 is 5.79. The average Bonchev–Trinajstić information content (AvgIpc) is 2.35. The Kier molecular flexibility index (Phi) is 3.48. The largest absolute Gasteiger partial charge is 0.507 e. The molecule has 2 rings (SSSR count). The van der Waals surface area contributed by atoms with Crippen LogP contribution in [0.15, 0.2) is 36.7 Å². The van der Waals surface area contributed by atoms with Crippen molar-refractivity contribution in [3.8, 4) is 5.75 Å². The number of benzene rings is 1. The third kappa shape index (κ3) is 2.60. The van der Waals surface area contributed by atoms with Crippen molar-refractivity contribution in [1.82, 2.24) is 4.98 Å². The zero-order valence-corrected chi connectivity index (χ0v) is 10.4. The van der Waals surface area contributed by atoms with Crippen molar-refractivity contribution in [2.45, 2.75) is 6.92 Å². The van der Waals surface area contributed by atoms with E-state index >= 15 is 0 Å². The van der Waals surface area contributed by atoms with Crippen LogP contribution in [0.2, 0.25) is 5.02 Å². The fourth-order valence-electron chi connectivity index (χ4n) is 1.49. The lowest BCUT2D eigenvalue weighted by Gasteiger charge is -2.09. The van der Waals surface area contributed by atoms with E-state index in [-0.39, 0.29) is 11.3 Å². The topological polar surface area (TPSA) is 62.2 Å². The summed E-state index contributed by atoms with van der Waals surface area (Å²) in [5.74, 6) is -0.520. The summed E-state index contributed by atoms with van der Waals surface area (Å²) in [7, 11) is 0. The van der Waals surface area contributed by atoms with E-state index in [0.717, 1.165) is 5.56 Å². The molecule has 0 saturated heterocycles. The lowest BCUT2D eigenvalue weighted by molar-refractivity contribution is 0.102. The van der Waals surface area contributed by atoms with Gasteiger partial charge in [0.1, 0.15) is 5.75 Å². The quantitative estimate of drug-likeness (QED) is 0.875. The van der Waals surface area contributed by atoms with Crippen LogP contribution in [0.1, 0.15) is 15.9 Å². The summed E-state index contributed by atoms with van der Waals surface area (Å²) in [5, 5.41) is 12.7. The highest BCUT2D eigenvalue weighted by atomic mass is 35.5. The Balaban J connectivity index is 2.28. The van der Waals surface area contributed by atoms with Crippen molar-refractivity contribution in [1.29, 1.82) is 0 Å². The number of aryl methyl sites for hydroxylation is 1. The van der Waals surface area contributed by atoms with Crippen LogP contribution in [0.4, 0.5) is 5.69 Å². The SMILES string of the molecule is Cc1cnccc1NC(=O)c1cc(Cl)ccc1O. The van der Waals surface area contributed by atoms with Crippen LogP contribution in [0.5, 0.6) is 5.75 Å². The van der Waals surface area contributed by atoms with Crippen molar-refractivity contribution in [3.63, 3.8) is 0 Å². The molecule has 2 aromatic rings. The van der Waals surface area contributed by atoms with E-state index in [9.17, 15) is 9.90 Å². The molecular weight excluding hydrogens is 252 g/mol. The summed E-state index contributed by atoms with van der Waals surface area (Å²) in [6.07, 6.45) is 3.23. The number of nitrogens with one attached hydrogen (secondary N) is 1. The Morgan fingerprint density at radius 1 is 1.39 bits per heavy atom. The summed E-state index contributed by atoms with van der Waals surface area (Å²) in [6.45, 7) is 1.83. The molecular formula is C13H11ClN2O2. The van der Waals surface area contributed by atoms with Gasteiger partial charge in [0.2, 0.25) is 0 Å². The molecule has 1 amide bonds. The van der Waals surface area contributed by atoms with E-state index in [1.807, 2.05) is 6.92 Å². The molecule has 1 aromatic heterocycles. The van der Waals surface area contributed by atoms with E-state index in [4.69, 9.17) is 11.6 Å². The first-order chi connectivity index (χ1) is 8.58. The van der Waals surface area contributed by atoms with Gasteiger partial charge in [-0.25, -0.2) is 0 Å². The highest BCUT2D eigenvalue weighted by Crippen LogP contribution is 2.23. The first-order valence-electron chi connectivity index (χ1n) is 5.28. The van der Waals surface area contributed by atoms with Gasteiger partial charge in [-0.05, 0) is 36.8 Å². The lowest BCUT2D eigenvalue weighted by atomic mass is 10.1. The number of carbonyl (C=O) groups is 1. The van der Waals surface area contributed by atoms with E-state index in [0.29, 0.717) is 10.7 Å². The van der Waals surface area contributed by atoms with Gasteiger partial charge in [-0.2, -0.15) is 0 Å². The number of amides is 1. The van der Waals surface area contributed by atoms with E-state index < -0.39 is 5.91 Å². The summed E-state index contributed by atoms with van der Waals surface area (Å²) in [4.78, 5) is 15.9. The van der Waals surface area contributed by atoms with Gasteiger partial charge >= 0.3 is 0 Å². The molecule has 0 aliphatic heterocycles. The molecule has 0 unspecified atom stereocenters. The van der Waals surface area contributed by atoms with Crippen molar-refractivity contribution in [3.05, 3.63) is 52.8 Å². The Morgan fingerprint density at radius 2 is 2.17 bits per heavy atom. The molecule has 18 heavy (non-hydrogen) atoms. The Hall–Kier alpha value is -2.07. The minimum atomic E-state index is -0.413. The number of aromatic hydroxyl groups is 1. The van der Waals surface area contributed by atoms with Crippen molar-refractivity contribution < 1.29 is 9.90 Å². The van der Waals surface area contributed by atoms with Gasteiger partial charge in [0.15, 0.2) is 0 Å². The van der Waals surface area contributed by atoms with Crippen LogP contribution >= 0.6 is 11.6 Å². The predicted octanol–water partition coefficient (Wildman–Crippen LogP) is 3.00. The highest BCUT2D eigenvalue weighted by Gasteiger charge is 2.12. The number of hydrogen-bond donors (Lipinski definition) is 2. The fourth-order valence-corrected chi connectivity index (χ4v) is 1.67. The fraction of sp³-hybridized carbons (Fsp3) is 0.0769. The molecule has 4 nitrogen and oxygen atoms in total. The van der Waals surface area contributed by atoms with Crippen LogP contribution in [0.25, 0.3) is 0 Å². The van der Waals surface area contributed by atoms with Crippen LogP contribution in [0, 0.1) is 6.92 Å². The van der Waals surface area contributed by atoms with E-state index in [2.05, 4.69) is 10.3 Å². The molecule has 0 aliphatic rings. The van der Waals surface area contributed by atoms with Gasteiger partial charge in [0.05, 0.1) is 5.56 Å². The number of rotatable bonds is 2. The Morgan fingerprint density at radius 3 is 2.89 bits per heavy atom.